The molecule has 1 aliphatic rings. The van der Waals surface area contributed by atoms with Gasteiger partial charge in [-0.05, 0) is 18.2 Å². The van der Waals surface area contributed by atoms with E-state index in [0.717, 1.165) is 6.07 Å². The van der Waals surface area contributed by atoms with Gasteiger partial charge >= 0.3 is 6.18 Å². The third-order valence-electron chi connectivity index (χ3n) is 2.37. The first-order valence-electron chi connectivity index (χ1n) is 4.75. The van der Waals surface area contributed by atoms with E-state index >= 15 is 0 Å². The molecule has 8 heteroatoms. The van der Waals surface area contributed by atoms with Gasteiger partial charge in [0, 0.05) is 18.0 Å². The number of rotatable bonds is 1. The van der Waals surface area contributed by atoms with Crippen LogP contribution in [0.1, 0.15) is 5.56 Å². The van der Waals surface area contributed by atoms with Crippen LogP contribution in [0.3, 0.4) is 0 Å². The Labute approximate surface area is 122 Å². The van der Waals surface area contributed by atoms with Crippen molar-refractivity contribution in [3.63, 3.8) is 0 Å². The monoisotopic (exact) mass is 360 g/mol. The van der Waals surface area contributed by atoms with Crippen molar-refractivity contribution in [1.29, 1.82) is 5.41 Å². The molecular weight excluding hydrogens is 353 g/mol. The molecule has 1 fully saturated rings. The first-order valence-corrected chi connectivity index (χ1v) is 6.11. The minimum atomic E-state index is -4.47. The molecule has 0 aromatic heterocycles. The summed E-state index contributed by atoms with van der Waals surface area (Å²) in [5.74, 6) is 0.711. The van der Waals surface area contributed by atoms with Gasteiger partial charge in [-0.3, -0.25) is 5.41 Å². The van der Waals surface area contributed by atoms with E-state index < -0.39 is 11.7 Å². The van der Waals surface area contributed by atoms with E-state index in [9.17, 15) is 13.2 Å². The van der Waals surface area contributed by atoms with Gasteiger partial charge in [0.2, 0.25) is 0 Å². The summed E-state index contributed by atoms with van der Waals surface area (Å²) in [4.78, 5) is 1.54. The van der Waals surface area contributed by atoms with Crippen LogP contribution < -0.4 is 4.90 Å². The Morgan fingerprint density at radius 3 is 2.50 bits per heavy atom. The van der Waals surface area contributed by atoms with Gasteiger partial charge in [-0.15, -0.1) is 17.0 Å². The standard InChI is InChI=1S/C10H8ClF3N2S.BrH/c11-8-2-1-6(5-7(8)10(12,13)14)16-3-4-17-9(16)15;/h1-2,5,15H,3-4H2;1H. The van der Waals surface area contributed by atoms with Gasteiger partial charge in [0.05, 0.1) is 10.6 Å². The van der Waals surface area contributed by atoms with Gasteiger partial charge < -0.3 is 4.90 Å². The van der Waals surface area contributed by atoms with Crippen LogP contribution in [-0.4, -0.2) is 17.5 Å². The zero-order valence-electron chi connectivity index (χ0n) is 8.92. The van der Waals surface area contributed by atoms with Gasteiger partial charge in [-0.2, -0.15) is 13.2 Å². The molecule has 0 atom stereocenters. The SMILES string of the molecule is Br.N=C1SCCN1c1ccc(Cl)c(C(F)(F)F)c1. The van der Waals surface area contributed by atoms with Gasteiger partial charge in [-0.25, -0.2) is 0 Å². The molecule has 0 aliphatic carbocycles. The van der Waals surface area contributed by atoms with E-state index in [2.05, 4.69) is 0 Å². The lowest BCUT2D eigenvalue weighted by molar-refractivity contribution is -0.137. The Bertz CT molecular complexity index is 467. The van der Waals surface area contributed by atoms with Gasteiger partial charge in [-0.1, -0.05) is 23.4 Å². The third-order valence-corrected chi connectivity index (χ3v) is 3.58. The van der Waals surface area contributed by atoms with Gasteiger partial charge in [0.15, 0.2) is 5.17 Å². The Morgan fingerprint density at radius 2 is 2.00 bits per heavy atom. The number of anilines is 1. The summed E-state index contributed by atoms with van der Waals surface area (Å²) in [7, 11) is 0. The maximum absolute atomic E-state index is 12.7. The minimum absolute atomic E-state index is 0. The van der Waals surface area contributed by atoms with Crippen molar-refractivity contribution in [1.82, 2.24) is 0 Å². The summed E-state index contributed by atoms with van der Waals surface area (Å²) in [6.45, 7) is 0.544. The number of nitrogens with zero attached hydrogens (tertiary/aromatic N) is 1. The highest BCUT2D eigenvalue weighted by Gasteiger charge is 2.34. The second kappa shape index (κ2) is 5.71. The molecule has 100 valence electrons. The Hall–Kier alpha value is -0.400. The molecule has 1 aliphatic heterocycles. The maximum Gasteiger partial charge on any atom is 0.417 e. The molecule has 18 heavy (non-hydrogen) atoms. The van der Waals surface area contributed by atoms with Crippen molar-refractivity contribution in [3.05, 3.63) is 28.8 Å². The Kier molecular flexibility index (Phi) is 4.97. The molecular formula is C10H9BrClF3N2S. The summed E-state index contributed by atoms with van der Waals surface area (Å²) in [5.41, 5.74) is -0.502. The van der Waals surface area contributed by atoms with Crippen LogP contribution in [0.5, 0.6) is 0 Å². The molecule has 2 rings (SSSR count). The number of amidine groups is 1. The fourth-order valence-corrected chi connectivity index (χ4v) is 2.60. The summed E-state index contributed by atoms with van der Waals surface area (Å²) >= 11 is 6.84. The van der Waals surface area contributed by atoms with Crippen molar-refractivity contribution in [2.24, 2.45) is 0 Å². The van der Waals surface area contributed by atoms with Crippen LogP contribution in [0, 0.1) is 5.41 Å². The molecule has 1 aromatic carbocycles. The fourth-order valence-electron chi connectivity index (χ4n) is 1.56. The van der Waals surface area contributed by atoms with Gasteiger partial charge in [0.1, 0.15) is 0 Å². The number of nitrogens with one attached hydrogen (secondary N) is 1. The summed E-state index contributed by atoms with van der Waals surface area (Å²) in [5, 5.41) is 7.54. The van der Waals surface area contributed by atoms with Crippen molar-refractivity contribution < 1.29 is 13.2 Å². The summed E-state index contributed by atoms with van der Waals surface area (Å²) in [6.07, 6.45) is -4.47. The highest BCUT2D eigenvalue weighted by molar-refractivity contribution is 8.93. The highest BCUT2D eigenvalue weighted by atomic mass is 79.9. The zero-order valence-corrected chi connectivity index (χ0v) is 12.2. The smallest absolute Gasteiger partial charge is 0.321 e. The van der Waals surface area contributed by atoms with Crippen LogP contribution in [0.4, 0.5) is 18.9 Å². The number of halogens is 5. The van der Waals surface area contributed by atoms with Crippen molar-refractivity contribution in [2.45, 2.75) is 6.18 Å². The first-order chi connectivity index (χ1) is 7.89. The van der Waals surface area contributed by atoms with Gasteiger partial charge in [0.25, 0.3) is 0 Å². The molecule has 0 unspecified atom stereocenters. The highest BCUT2D eigenvalue weighted by Crippen LogP contribution is 2.37. The lowest BCUT2D eigenvalue weighted by Crippen LogP contribution is -2.23. The molecule has 0 radical (unpaired) electrons. The number of benzene rings is 1. The van der Waals surface area contributed by atoms with E-state index in [-0.39, 0.29) is 27.2 Å². The normalized spacial score (nSPS) is 15.8. The quantitative estimate of drug-likeness (QED) is 0.801. The lowest BCUT2D eigenvalue weighted by atomic mass is 10.2. The van der Waals surface area contributed by atoms with E-state index in [1.807, 2.05) is 0 Å². The molecule has 0 spiro atoms. The number of alkyl halides is 3. The van der Waals surface area contributed by atoms with E-state index in [1.54, 1.807) is 0 Å². The molecule has 1 heterocycles. The Morgan fingerprint density at radius 1 is 1.33 bits per heavy atom. The molecule has 1 aromatic rings. The van der Waals surface area contributed by atoms with Crippen LogP contribution in [0.2, 0.25) is 5.02 Å². The lowest BCUT2D eigenvalue weighted by Gasteiger charge is -2.19. The summed E-state index contributed by atoms with van der Waals surface area (Å²) < 4.78 is 38.0. The predicted octanol–water partition coefficient (Wildman–Crippen LogP) is 4.42. The van der Waals surface area contributed by atoms with Crippen LogP contribution >= 0.6 is 40.3 Å². The van der Waals surface area contributed by atoms with E-state index in [1.165, 1.54) is 28.8 Å². The molecule has 1 N–H and O–H groups in total. The van der Waals surface area contributed by atoms with Crippen LogP contribution in [0.15, 0.2) is 18.2 Å². The first kappa shape index (κ1) is 15.7. The van der Waals surface area contributed by atoms with Crippen molar-refractivity contribution in [2.75, 3.05) is 17.2 Å². The molecule has 0 bridgehead atoms. The molecule has 0 amide bonds. The largest absolute Gasteiger partial charge is 0.417 e. The van der Waals surface area contributed by atoms with Crippen LogP contribution in [-0.2, 0) is 6.18 Å². The number of thioether (sulfide) groups is 1. The second-order valence-corrected chi connectivity index (χ2v) is 4.96. The predicted molar refractivity (Wildman–Crippen MR) is 74.3 cm³/mol. The fraction of sp³-hybridized carbons (Fsp3) is 0.300. The average Bonchev–Trinajstić information content (AvgIpc) is 2.63. The van der Waals surface area contributed by atoms with E-state index in [0.29, 0.717) is 18.0 Å². The molecule has 2 nitrogen and oxygen atoms in total. The van der Waals surface area contributed by atoms with Crippen molar-refractivity contribution in [3.8, 4) is 0 Å². The average molecular weight is 362 g/mol. The maximum atomic E-state index is 12.7. The second-order valence-electron chi connectivity index (χ2n) is 3.47. The van der Waals surface area contributed by atoms with Crippen molar-refractivity contribution >= 4 is 51.2 Å². The third kappa shape index (κ3) is 3.13. The minimum Gasteiger partial charge on any atom is -0.321 e. The molecule has 0 saturated carbocycles. The zero-order chi connectivity index (χ0) is 12.6. The van der Waals surface area contributed by atoms with Crippen LogP contribution in [0.25, 0.3) is 0 Å². The number of hydrogen-bond acceptors (Lipinski definition) is 2. The Balaban J connectivity index is 0.00000162. The number of hydrogen-bond donors (Lipinski definition) is 1. The summed E-state index contributed by atoms with van der Waals surface area (Å²) in [6, 6.07) is 3.71. The topological polar surface area (TPSA) is 27.1 Å². The molecule has 1 saturated heterocycles. The van der Waals surface area contributed by atoms with E-state index in [4.69, 9.17) is 17.0 Å².